The number of carboxylic acids is 1. The van der Waals surface area contributed by atoms with Gasteiger partial charge in [-0.1, -0.05) is 0 Å². The topological polar surface area (TPSA) is 74.7 Å². The maximum atomic E-state index is 12.3. The van der Waals surface area contributed by atoms with E-state index in [1.54, 1.807) is 35.4 Å². The van der Waals surface area contributed by atoms with Crippen molar-refractivity contribution >= 4 is 22.7 Å². The third kappa shape index (κ3) is 3.25. The van der Waals surface area contributed by atoms with Crippen molar-refractivity contribution < 1.29 is 18.9 Å². The Balaban J connectivity index is 2.10. The van der Waals surface area contributed by atoms with Crippen molar-refractivity contribution in [3.8, 4) is 0 Å². The minimum absolute atomic E-state index is 0.163. The van der Waals surface area contributed by atoms with Crippen LogP contribution in [0.5, 0.6) is 0 Å². The summed E-state index contributed by atoms with van der Waals surface area (Å²) in [5.41, 5.74) is 0.505. The first kappa shape index (κ1) is 14.7. The van der Waals surface area contributed by atoms with Gasteiger partial charge in [0.2, 0.25) is 0 Å². The molecule has 0 bridgehead atoms. The van der Waals surface area contributed by atoms with E-state index in [2.05, 4.69) is 0 Å². The normalized spacial score (nSPS) is 20.4. The van der Waals surface area contributed by atoms with Gasteiger partial charge in [0.05, 0.1) is 5.92 Å². The van der Waals surface area contributed by atoms with E-state index in [4.69, 9.17) is 5.11 Å². The molecule has 2 rings (SSSR count). The zero-order chi connectivity index (χ0) is 14.7. The Hall–Kier alpha value is -1.69. The van der Waals surface area contributed by atoms with Crippen LogP contribution in [0.4, 0.5) is 0 Å². The lowest BCUT2D eigenvalue weighted by Crippen LogP contribution is -2.42. The van der Waals surface area contributed by atoms with Crippen molar-refractivity contribution in [3.63, 3.8) is 0 Å². The molecule has 108 valence electrons. The summed E-state index contributed by atoms with van der Waals surface area (Å²) in [6.45, 7) is 0.847. The largest absolute Gasteiger partial charge is 0.481 e. The molecule has 1 heterocycles. The summed E-state index contributed by atoms with van der Waals surface area (Å²) >= 11 is 0. The molecule has 5 nitrogen and oxygen atoms in total. The lowest BCUT2D eigenvalue weighted by atomic mass is 9.97. The Kier molecular flexibility index (Phi) is 4.54. The molecule has 0 saturated carbocycles. The second-order valence-electron chi connectivity index (χ2n) is 4.91. The highest BCUT2D eigenvalue weighted by molar-refractivity contribution is 7.84. The zero-order valence-electron chi connectivity index (χ0n) is 11.2. The van der Waals surface area contributed by atoms with Crippen LogP contribution >= 0.6 is 0 Å². The minimum atomic E-state index is -1.07. The van der Waals surface area contributed by atoms with Crippen molar-refractivity contribution in [1.82, 2.24) is 4.90 Å². The summed E-state index contributed by atoms with van der Waals surface area (Å²) < 4.78 is 11.3. The van der Waals surface area contributed by atoms with Gasteiger partial charge in [0.15, 0.2) is 0 Å². The monoisotopic (exact) mass is 295 g/mol. The molecular formula is C14H17NO4S. The quantitative estimate of drug-likeness (QED) is 0.913. The number of benzene rings is 1. The van der Waals surface area contributed by atoms with Crippen LogP contribution in [0, 0.1) is 5.92 Å². The maximum Gasteiger partial charge on any atom is 0.308 e. The molecule has 0 aliphatic carbocycles. The van der Waals surface area contributed by atoms with Crippen LogP contribution in [0.15, 0.2) is 29.2 Å². The molecule has 1 aromatic rings. The number of hydrogen-bond donors (Lipinski definition) is 1. The molecule has 20 heavy (non-hydrogen) atoms. The Morgan fingerprint density at radius 3 is 2.50 bits per heavy atom. The molecule has 1 saturated heterocycles. The van der Waals surface area contributed by atoms with Crippen molar-refractivity contribution in [2.75, 3.05) is 19.3 Å². The van der Waals surface area contributed by atoms with Crippen LogP contribution in [0.1, 0.15) is 23.2 Å². The van der Waals surface area contributed by atoms with E-state index < -0.39 is 22.7 Å². The highest BCUT2D eigenvalue weighted by atomic mass is 32.2. The number of piperidine rings is 1. The average molecular weight is 295 g/mol. The summed E-state index contributed by atoms with van der Waals surface area (Å²) in [5, 5.41) is 9.03. The molecule has 1 amide bonds. The Labute approximate surface area is 120 Å². The van der Waals surface area contributed by atoms with E-state index in [9.17, 15) is 13.8 Å². The van der Waals surface area contributed by atoms with Crippen LogP contribution in [0.25, 0.3) is 0 Å². The van der Waals surface area contributed by atoms with Crippen LogP contribution in [0.3, 0.4) is 0 Å². The predicted molar refractivity (Wildman–Crippen MR) is 75.0 cm³/mol. The average Bonchev–Trinajstić information content (AvgIpc) is 2.46. The first-order valence-corrected chi connectivity index (χ1v) is 8.00. The van der Waals surface area contributed by atoms with E-state index in [1.165, 1.54) is 0 Å². The number of likely N-dealkylation sites (tertiary alicyclic amines) is 1. The molecule has 1 aliphatic rings. The minimum Gasteiger partial charge on any atom is -0.481 e. The first-order chi connectivity index (χ1) is 9.49. The number of amides is 1. The summed E-state index contributed by atoms with van der Waals surface area (Å²) in [6.07, 6.45) is 2.91. The van der Waals surface area contributed by atoms with Crippen molar-refractivity contribution in [1.29, 1.82) is 0 Å². The standard InChI is InChI=1S/C14H17NO4S/c1-20(19)12-6-4-10(5-7-12)13(16)15-8-2-3-11(9-15)14(17)18/h4-7,11H,2-3,8-9H2,1H3,(H,17,18)/t11-,20-/m1/s1. The number of aliphatic carboxylic acids is 1. The molecule has 1 N–H and O–H groups in total. The fourth-order valence-corrected chi connectivity index (χ4v) is 2.85. The summed E-state index contributed by atoms with van der Waals surface area (Å²) in [4.78, 5) is 25.6. The third-order valence-electron chi connectivity index (χ3n) is 3.49. The second-order valence-corrected chi connectivity index (χ2v) is 6.29. The smallest absolute Gasteiger partial charge is 0.308 e. The summed E-state index contributed by atoms with van der Waals surface area (Å²) in [5.74, 6) is -1.49. The maximum absolute atomic E-state index is 12.3. The number of carbonyl (C=O) groups is 2. The van der Waals surface area contributed by atoms with E-state index in [1.807, 2.05) is 0 Å². The van der Waals surface area contributed by atoms with Gasteiger partial charge < -0.3 is 10.0 Å². The van der Waals surface area contributed by atoms with Gasteiger partial charge >= 0.3 is 5.97 Å². The van der Waals surface area contributed by atoms with Crippen LogP contribution in [0.2, 0.25) is 0 Å². The molecule has 2 atom stereocenters. The molecule has 1 aliphatic heterocycles. The zero-order valence-corrected chi connectivity index (χ0v) is 12.1. The van der Waals surface area contributed by atoms with Crippen LogP contribution in [-0.4, -0.2) is 45.4 Å². The Bertz CT molecular complexity index is 541. The van der Waals surface area contributed by atoms with E-state index in [-0.39, 0.29) is 12.5 Å². The summed E-state index contributed by atoms with van der Waals surface area (Å²) in [6, 6.07) is 6.62. The first-order valence-electron chi connectivity index (χ1n) is 6.44. The van der Waals surface area contributed by atoms with Crippen LogP contribution in [-0.2, 0) is 15.6 Å². The highest BCUT2D eigenvalue weighted by Gasteiger charge is 2.28. The van der Waals surface area contributed by atoms with Crippen molar-refractivity contribution in [3.05, 3.63) is 29.8 Å². The number of rotatable bonds is 3. The number of carbonyl (C=O) groups excluding carboxylic acids is 1. The molecule has 6 heteroatoms. The molecule has 1 aromatic carbocycles. The van der Waals surface area contributed by atoms with Gasteiger partial charge in [0.25, 0.3) is 5.91 Å². The fraction of sp³-hybridized carbons (Fsp3) is 0.429. The SMILES string of the molecule is C[S@@](=O)c1ccc(C(=O)N2CCC[C@@H](C(=O)O)C2)cc1. The lowest BCUT2D eigenvalue weighted by molar-refractivity contribution is -0.143. The fourth-order valence-electron chi connectivity index (χ4n) is 2.33. The molecular weight excluding hydrogens is 278 g/mol. The molecule has 0 aromatic heterocycles. The lowest BCUT2D eigenvalue weighted by Gasteiger charge is -2.30. The van der Waals surface area contributed by atoms with Gasteiger partial charge in [-0.25, -0.2) is 0 Å². The van der Waals surface area contributed by atoms with Gasteiger partial charge in [-0.2, -0.15) is 0 Å². The van der Waals surface area contributed by atoms with Gasteiger partial charge in [0.1, 0.15) is 0 Å². The summed E-state index contributed by atoms with van der Waals surface area (Å²) in [7, 11) is -1.07. The van der Waals surface area contributed by atoms with Gasteiger partial charge in [0, 0.05) is 40.6 Å². The highest BCUT2D eigenvalue weighted by Crippen LogP contribution is 2.19. The number of nitrogens with zero attached hydrogens (tertiary/aromatic N) is 1. The van der Waals surface area contributed by atoms with Crippen LogP contribution < -0.4 is 0 Å². The van der Waals surface area contributed by atoms with E-state index in [0.717, 1.165) is 0 Å². The van der Waals surface area contributed by atoms with Gasteiger partial charge in [-0.05, 0) is 37.1 Å². The van der Waals surface area contributed by atoms with E-state index in [0.29, 0.717) is 29.8 Å². The third-order valence-corrected chi connectivity index (χ3v) is 4.43. The van der Waals surface area contributed by atoms with Gasteiger partial charge in [-0.15, -0.1) is 0 Å². The molecule has 1 fully saturated rings. The van der Waals surface area contributed by atoms with Crippen molar-refractivity contribution in [2.24, 2.45) is 5.92 Å². The van der Waals surface area contributed by atoms with Gasteiger partial charge in [-0.3, -0.25) is 13.8 Å². The predicted octanol–water partition coefficient (Wildman–Crippen LogP) is 1.36. The Morgan fingerprint density at radius 2 is 1.95 bits per heavy atom. The number of hydrogen-bond acceptors (Lipinski definition) is 3. The van der Waals surface area contributed by atoms with Crippen molar-refractivity contribution in [2.45, 2.75) is 17.7 Å². The number of carboxylic acid groups (broad SMARTS) is 1. The Morgan fingerprint density at radius 1 is 1.30 bits per heavy atom. The van der Waals surface area contributed by atoms with E-state index >= 15 is 0 Å². The molecule has 0 radical (unpaired) electrons. The molecule has 0 unspecified atom stereocenters. The second kappa shape index (κ2) is 6.17. The molecule has 0 spiro atoms.